The van der Waals surface area contributed by atoms with Crippen LogP contribution in [-0.2, 0) is 0 Å². The zero-order valence-corrected chi connectivity index (χ0v) is 13.2. The van der Waals surface area contributed by atoms with Crippen molar-refractivity contribution >= 4 is 28.9 Å². The van der Waals surface area contributed by atoms with E-state index in [2.05, 4.69) is 10.5 Å². The monoisotopic (exact) mass is 338 g/mol. The van der Waals surface area contributed by atoms with Crippen molar-refractivity contribution in [2.24, 2.45) is 5.10 Å². The van der Waals surface area contributed by atoms with E-state index in [1.54, 1.807) is 36.4 Å². The van der Waals surface area contributed by atoms with Crippen LogP contribution >= 0.6 is 0 Å². The van der Waals surface area contributed by atoms with Gasteiger partial charge in [-0.25, -0.2) is 4.79 Å². The van der Waals surface area contributed by atoms with Crippen LogP contribution in [0.3, 0.4) is 0 Å². The Labute approximate surface area is 142 Å². The molecular weight excluding hydrogens is 324 g/mol. The topological polar surface area (TPSA) is 116 Å². The molecule has 0 saturated carbocycles. The van der Waals surface area contributed by atoms with E-state index in [1.807, 2.05) is 0 Å². The molecule has 1 heterocycles. The van der Waals surface area contributed by atoms with Gasteiger partial charge in [-0.3, -0.25) is 5.43 Å². The van der Waals surface area contributed by atoms with Gasteiger partial charge in [-0.2, -0.15) is 14.6 Å². The van der Waals surface area contributed by atoms with E-state index in [4.69, 9.17) is 5.11 Å². The molecule has 0 aliphatic heterocycles. The fourth-order valence-electron chi connectivity index (χ4n) is 2.37. The minimum absolute atomic E-state index is 0.114. The van der Waals surface area contributed by atoms with Gasteiger partial charge in [0.15, 0.2) is 0 Å². The first-order valence-electron chi connectivity index (χ1n) is 7.36. The Kier molecular flexibility index (Phi) is 4.17. The van der Waals surface area contributed by atoms with Crippen LogP contribution in [0.1, 0.15) is 21.7 Å². The van der Waals surface area contributed by atoms with Gasteiger partial charge in [-0.05, 0) is 24.3 Å². The number of aromatic carboxylic acids is 1. The molecule has 0 bridgehead atoms. The molecule has 0 atom stereocenters. The molecule has 3 rings (SSSR count). The summed E-state index contributed by atoms with van der Waals surface area (Å²) in [6, 6.07) is 12.5. The summed E-state index contributed by atoms with van der Waals surface area (Å²) in [6.45, 7) is 1.54. The lowest BCUT2D eigenvalue weighted by Gasteiger charge is -2.08. The van der Waals surface area contributed by atoms with E-state index in [0.717, 1.165) is 0 Å². The van der Waals surface area contributed by atoms with Crippen LogP contribution < -0.4 is 14.9 Å². The Balaban J connectivity index is 1.90. The van der Waals surface area contributed by atoms with Crippen LogP contribution in [0.4, 0.5) is 5.69 Å². The van der Waals surface area contributed by atoms with E-state index < -0.39 is 5.97 Å². The Morgan fingerprint density at radius 1 is 1.08 bits per heavy atom. The molecular formula is C17H14N4O4. The number of aromatic nitrogens is 2. The van der Waals surface area contributed by atoms with Crippen molar-refractivity contribution in [3.63, 3.8) is 0 Å². The first-order valence-corrected chi connectivity index (χ1v) is 7.36. The van der Waals surface area contributed by atoms with Crippen molar-refractivity contribution in [3.05, 3.63) is 75.9 Å². The number of carbonyl (C=O) groups is 1. The highest BCUT2D eigenvalue weighted by atomic mass is 16.5. The molecule has 0 aliphatic carbocycles. The standard InChI is InChI=1S/C17H14N4O4/c1-11-16(21(25)15-5-3-2-4-14(15)20(11)24)10-18-19-13-8-6-12(7-9-13)17(22)23/h2-10,19H,1H3,(H,22,23)/b18-10+. The maximum Gasteiger partial charge on any atom is 0.335 e. The van der Waals surface area contributed by atoms with Crippen LogP contribution in [0.2, 0.25) is 0 Å². The second-order valence-electron chi connectivity index (χ2n) is 5.30. The maximum atomic E-state index is 12.4. The summed E-state index contributed by atoms with van der Waals surface area (Å²) in [4.78, 5) is 10.8. The van der Waals surface area contributed by atoms with E-state index in [-0.39, 0.29) is 28.0 Å². The molecule has 0 amide bonds. The summed E-state index contributed by atoms with van der Waals surface area (Å²) in [6.07, 6.45) is 1.26. The Morgan fingerprint density at radius 3 is 2.28 bits per heavy atom. The Hall–Kier alpha value is -3.68. The molecule has 0 radical (unpaired) electrons. The van der Waals surface area contributed by atoms with Crippen molar-refractivity contribution in [2.75, 3.05) is 5.43 Å². The lowest BCUT2D eigenvalue weighted by Crippen LogP contribution is -2.44. The van der Waals surface area contributed by atoms with Gasteiger partial charge >= 0.3 is 11.7 Å². The van der Waals surface area contributed by atoms with Crippen LogP contribution in [0, 0.1) is 17.3 Å². The zero-order valence-electron chi connectivity index (χ0n) is 13.2. The van der Waals surface area contributed by atoms with Crippen LogP contribution in [0.25, 0.3) is 11.0 Å². The molecule has 0 aliphatic rings. The van der Waals surface area contributed by atoms with Crippen molar-refractivity contribution < 1.29 is 19.4 Å². The average Bonchev–Trinajstić information content (AvgIpc) is 2.63. The van der Waals surface area contributed by atoms with E-state index >= 15 is 0 Å². The largest absolute Gasteiger partial charge is 0.618 e. The summed E-state index contributed by atoms with van der Waals surface area (Å²) in [7, 11) is 0. The fourth-order valence-corrected chi connectivity index (χ4v) is 2.37. The van der Waals surface area contributed by atoms with Crippen molar-refractivity contribution in [3.8, 4) is 0 Å². The average molecular weight is 338 g/mol. The third-order valence-corrected chi connectivity index (χ3v) is 3.73. The Bertz CT molecular complexity index is 984. The molecule has 8 nitrogen and oxygen atoms in total. The molecule has 0 spiro atoms. The number of benzene rings is 2. The number of hydrazone groups is 1. The van der Waals surface area contributed by atoms with Gasteiger partial charge in [0.1, 0.15) is 6.21 Å². The molecule has 0 saturated heterocycles. The Morgan fingerprint density at radius 2 is 1.68 bits per heavy atom. The number of carboxylic acid groups (broad SMARTS) is 1. The van der Waals surface area contributed by atoms with Gasteiger partial charge in [0, 0.05) is 19.1 Å². The maximum absolute atomic E-state index is 12.4. The first kappa shape index (κ1) is 16.2. The van der Waals surface area contributed by atoms with Crippen molar-refractivity contribution in [2.45, 2.75) is 6.92 Å². The first-order chi connectivity index (χ1) is 12.0. The number of nitrogens with zero attached hydrogens (tertiary/aromatic N) is 3. The summed E-state index contributed by atoms with van der Waals surface area (Å²) in [5.41, 5.74) is 4.26. The van der Waals surface area contributed by atoms with Gasteiger partial charge < -0.3 is 15.5 Å². The number of hydrogen-bond acceptors (Lipinski definition) is 5. The van der Waals surface area contributed by atoms with Crippen molar-refractivity contribution in [1.82, 2.24) is 0 Å². The lowest BCUT2D eigenvalue weighted by molar-refractivity contribution is -0.634. The van der Waals surface area contributed by atoms with Crippen LogP contribution in [-0.4, -0.2) is 17.3 Å². The highest BCUT2D eigenvalue weighted by molar-refractivity contribution is 5.88. The lowest BCUT2D eigenvalue weighted by atomic mass is 10.2. The number of fused-ring (bicyclic) bond motifs is 1. The molecule has 0 fully saturated rings. The summed E-state index contributed by atoms with van der Waals surface area (Å²) < 4.78 is 1.34. The molecule has 25 heavy (non-hydrogen) atoms. The summed E-state index contributed by atoms with van der Waals surface area (Å²) in [5.74, 6) is -1.02. The molecule has 2 N–H and O–H groups in total. The summed E-state index contributed by atoms with van der Waals surface area (Å²) in [5, 5.41) is 37.5. The molecule has 1 aromatic heterocycles. The van der Waals surface area contributed by atoms with Gasteiger partial charge in [0.25, 0.3) is 16.7 Å². The zero-order chi connectivity index (χ0) is 18.0. The quantitative estimate of drug-likeness (QED) is 0.324. The van der Waals surface area contributed by atoms with Crippen LogP contribution in [0.5, 0.6) is 0 Å². The minimum atomic E-state index is -1.02. The second-order valence-corrected chi connectivity index (χ2v) is 5.30. The number of nitrogens with one attached hydrogen (secondary N) is 1. The smallest absolute Gasteiger partial charge is 0.335 e. The number of carboxylic acids is 1. The third kappa shape index (κ3) is 3.05. The minimum Gasteiger partial charge on any atom is -0.618 e. The van der Waals surface area contributed by atoms with Gasteiger partial charge in [-0.1, -0.05) is 12.1 Å². The normalized spacial score (nSPS) is 11.1. The van der Waals surface area contributed by atoms with E-state index in [0.29, 0.717) is 15.1 Å². The molecule has 2 aromatic carbocycles. The second kappa shape index (κ2) is 6.44. The number of rotatable bonds is 4. The number of anilines is 1. The van der Waals surface area contributed by atoms with E-state index in [9.17, 15) is 15.2 Å². The summed E-state index contributed by atoms with van der Waals surface area (Å²) >= 11 is 0. The number of para-hydroxylation sites is 2. The molecule has 8 heteroatoms. The van der Waals surface area contributed by atoms with Gasteiger partial charge in [0.2, 0.25) is 0 Å². The molecule has 126 valence electrons. The molecule has 3 aromatic rings. The highest BCUT2D eigenvalue weighted by Crippen LogP contribution is 2.10. The predicted molar refractivity (Wildman–Crippen MR) is 91.2 cm³/mol. The van der Waals surface area contributed by atoms with Gasteiger partial charge in [0.05, 0.1) is 11.3 Å². The fraction of sp³-hybridized carbons (Fsp3) is 0.0588. The van der Waals surface area contributed by atoms with Crippen LogP contribution in [0.15, 0.2) is 53.6 Å². The third-order valence-electron chi connectivity index (χ3n) is 3.73. The van der Waals surface area contributed by atoms with E-state index in [1.165, 1.54) is 25.3 Å². The molecule has 0 unspecified atom stereocenters. The number of hydrogen-bond donors (Lipinski definition) is 2. The predicted octanol–water partition coefficient (Wildman–Crippen LogP) is 1.56. The van der Waals surface area contributed by atoms with Gasteiger partial charge in [-0.15, -0.1) is 0 Å². The SMILES string of the molecule is Cc1c(/C=N/Nc2ccc(C(=O)O)cc2)[n+]([O-])c2ccccc2[n+]1[O-]. The van der Waals surface area contributed by atoms with Crippen molar-refractivity contribution in [1.29, 1.82) is 0 Å². The highest BCUT2D eigenvalue weighted by Gasteiger charge is 2.23.